The van der Waals surface area contributed by atoms with E-state index in [0.29, 0.717) is 25.0 Å². The Kier molecular flexibility index (Phi) is 4.43. The van der Waals surface area contributed by atoms with Gasteiger partial charge < -0.3 is 14.2 Å². The van der Waals surface area contributed by atoms with Crippen LogP contribution in [0.3, 0.4) is 0 Å². The zero-order valence-electron chi connectivity index (χ0n) is 11.6. The Hall–Kier alpha value is -1.55. The zero-order valence-corrected chi connectivity index (χ0v) is 11.6. The molecule has 104 valence electrons. The largest absolute Gasteiger partial charge is 0.497 e. The maximum absolute atomic E-state index is 11.4. The van der Waals surface area contributed by atoms with E-state index in [-0.39, 0.29) is 11.9 Å². The molecule has 0 spiro atoms. The molecule has 2 rings (SSSR count). The smallest absolute Gasteiger partial charge is 0.309 e. The molecule has 0 bridgehead atoms. The van der Waals surface area contributed by atoms with Gasteiger partial charge in [-0.3, -0.25) is 4.79 Å². The third kappa shape index (κ3) is 3.26. The fourth-order valence-electron chi connectivity index (χ4n) is 2.36. The molecule has 19 heavy (non-hydrogen) atoms. The molecule has 3 unspecified atom stereocenters. The fraction of sp³-hybridized carbons (Fsp3) is 0.533. The van der Waals surface area contributed by atoms with Crippen LogP contribution in [0.4, 0.5) is 0 Å². The lowest BCUT2D eigenvalue weighted by Crippen LogP contribution is -2.07. The zero-order chi connectivity index (χ0) is 13.8. The van der Waals surface area contributed by atoms with Crippen LogP contribution in [-0.4, -0.2) is 26.8 Å². The Bertz CT molecular complexity index is 426. The first-order valence-electron chi connectivity index (χ1n) is 6.46. The lowest BCUT2D eigenvalue weighted by Gasteiger charge is -2.05. The lowest BCUT2D eigenvalue weighted by atomic mass is 10.2. The van der Waals surface area contributed by atoms with Gasteiger partial charge in [-0.25, -0.2) is 0 Å². The van der Waals surface area contributed by atoms with E-state index in [2.05, 4.69) is 6.92 Å². The van der Waals surface area contributed by atoms with Crippen LogP contribution in [0.2, 0.25) is 0 Å². The van der Waals surface area contributed by atoms with E-state index in [1.54, 1.807) is 7.11 Å². The van der Waals surface area contributed by atoms with Gasteiger partial charge in [0.05, 0.1) is 33.4 Å². The van der Waals surface area contributed by atoms with E-state index in [4.69, 9.17) is 14.2 Å². The Morgan fingerprint density at radius 3 is 2.47 bits per heavy atom. The summed E-state index contributed by atoms with van der Waals surface area (Å²) >= 11 is 0. The highest BCUT2D eigenvalue weighted by atomic mass is 16.5. The standard InChI is InChI=1S/C15H20O4/c1-10-13(14(10)15(16)18-3)9-19-8-11-4-6-12(17-2)7-5-11/h4-7,10,13-14H,8-9H2,1-3H3. The summed E-state index contributed by atoms with van der Waals surface area (Å²) in [6.07, 6.45) is 0. The topological polar surface area (TPSA) is 44.8 Å². The molecule has 1 aromatic rings. The second kappa shape index (κ2) is 6.06. The molecule has 4 nitrogen and oxygen atoms in total. The summed E-state index contributed by atoms with van der Waals surface area (Å²) in [6.45, 7) is 3.22. The fourth-order valence-corrected chi connectivity index (χ4v) is 2.36. The van der Waals surface area contributed by atoms with Crippen molar-refractivity contribution in [3.8, 4) is 5.75 Å². The number of methoxy groups -OCH3 is 2. The predicted molar refractivity (Wildman–Crippen MR) is 70.8 cm³/mol. The minimum absolute atomic E-state index is 0.0147. The molecule has 1 aliphatic carbocycles. The highest BCUT2D eigenvalue weighted by Gasteiger charge is 2.52. The summed E-state index contributed by atoms with van der Waals surface area (Å²) in [5.41, 5.74) is 1.10. The molecule has 1 fully saturated rings. The Morgan fingerprint density at radius 1 is 1.21 bits per heavy atom. The number of carbonyl (C=O) groups is 1. The molecule has 0 heterocycles. The molecule has 0 aliphatic heterocycles. The van der Waals surface area contributed by atoms with E-state index in [1.807, 2.05) is 24.3 Å². The van der Waals surface area contributed by atoms with Crippen molar-refractivity contribution in [2.75, 3.05) is 20.8 Å². The van der Waals surface area contributed by atoms with E-state index < -0.39 is 0 Å². The number of carbonyl (C=O) groups excluding carboxylic acids is 1. The Labute approximate surface area is 113 Å². The molecule has 1 aromatic carbocycles. The quantitative estimate of drug-likeness (QED) is 0.739. The van der Waals surface area contributed by atoms with Gasteiger partial charge in [0.15, 0.2) is 0 Å². The molecule has 0 saturated heterocycles. The van der Waals surface area contributed by atoms with Crippen molar-refractivity contribution in [2.45, 2.75) is 13.5 Å². The van der Waals surface area contributed by atoms with Crippen molar-refractivity contribution >= 4 is 5.97 Å². The van der Waals surface area contributed by atoms with Gasteiger partial charge >= 0.3 is 5.97 Å². The van der Waals surface area contributed by atoms with Gasteiger partial charge in [0.25, 0.3) is 0 Å². The van der Waals surface area contributed by atoms with Crippen molar-refractivity contribution in [3.63, 3.8) is 0 Å². The van der Waals surface area contributed by atoms with Crippen LogP contribution < -0.4 is 4.74 Å². The van der Waals surface area contributed by atoms with Gasteiger partial charge in [0, 0.05) is 0 Å². The first kappa shape index (κ1) is 13.9. The number of benzene rings is 1. The third-order valence-corrected chi connectivity index (χ3v) is 3.77. The average molecular weight is 264 g/mol. The summed E-state index contributed by atoms with van der Waals surface area (Å²) < 4.78 is 15.5. The predicted octanol–water partition coefficient (Wildman–Crippen LogP) is 2.27. The summed E-state index contributed by atoms with van der Waals surface area (Å²) in [7, 11) is 3.08. The monoisotopic (exact) mass is 264 g/mol. The lowest BCUT2D eigenvalue weighted by molar-refractivity contribution is -0.143. The second-order valence-electron chi connectivity index (χ2n) is 4.94. The molecular formula is C15H20O4. The van der Waals surface area contributed by atoms with Crippen LogP contribution in [0.15, 0.2) is 24.3 Å². The maximum Gasteiger partial charge on any atom is 0.309 e. The Balaban J connectivity index is 1.73. The average Bonchev–Trinajstić information content (AvgIpc) is 3.09. The number of hydrogen-bond acceptors (Lipinski definition) is 4. The second-order valence-corrected chi connectivity index (χ2v) is 4.94. The summed E-state index contributed by atoms with van der Waals surface area (Å²) in [6, 6.07) is 7.78. The Morgan fingerprint density at radius 2 is 1.89 bits per heavy atom. The van der Waals surface area contributed by atoms with Crippen LogP contribution in [-0.2, 0) is 20.9 Å². The van der Waals surface area contributed by atoms with Crippen molar-refractivity contribution in [2.24, 2.45) is 17.8 Å². The van der Waals surface area contributed by atoms with Crippen LogP contribution >= 0.6 is 0 Å². The van der Waals surface area contributed by atoms with Crippen LogP contribution in [0.25, 0.3) is 0 Å². The van der Waals surface area contributed by atoms with Gasteiger partial charge in [-0.05, 0) is 29.5 Å². The van der Waals surface area contributed by atoms with E-state index >= 15 is 0 Å². The minimum Gasteiger partial charge on any atom is -0.497 e. The minimum atomic E-state index is -0.120. The van der Waals surface area contributed by atoms with E-state index in [1.165, 1.54) is 7.11 Å². The van der Waals surface area contributed by atoms with Crippen LogP contribution in [0, 0.1) is 17.8 Å². The van der Waals surface area contributed by atoms with Crippen molar-refractivity contribution in [3.05, 3.63) is 29.8 Å². The first-order chi connectivity index (χ1) is 9.17. The van der Waals surface area contributed by atoms with Crippen molar-refractivity contribution in [1.29, 1.82) is 0 Å². The van der Waals surface area contributed by atoms with Gasteiger partial charge in [-0.2, -0.15) is 0 Å². The molecular weight excluding hydrogens is 244 g/mol. The first-order valence-corrected chi connectivity index (χ1v) is 6.46. The highest BCUT2D eigenvalue weighted by molar-refractivity contribution is 5.76. The maximum atomic E-state index is 11.4. The summed E-state index contributed by atoms with van der Waals surface area (Å²) in [4.78, 5) is 11.4. The number of ether oxygens (including phenoxy) is 3. The van der Waals surface area contributed by atoms with Gasteiger partial charge in [0.1, 0.15) is 5.75 Å². The van der Waals surface area contributed by atoms with Crippen LogP contribution in [0.1, 0.15) is 12.5 Å². The summed E-state index contributed by atoms with van der Waals surface area (Å²) in [5.74, 6) is 1.39. The molecule has 3 atom stereocenters. The van der Waals surface area contributed by atoms with Crippen molar-refractivity contribution in [1.82, 2.24) is 0 Å². The van der Waals surface area contributed by atoms with E-state index in [0.717, 1.165) is 11.3 Å². The van der Waals surface area contributed by atoms with Crippen molar-refractivity contribution < 1.29 is 19.0 Å². The molecule has 1 aliphatic rings. The highest BCUT2D eigenvalue weighted by Crippen LogP contribution is 2.46. The molecule has 0 amide bonds. The third-order valence-electron chi connectivity index (χ3n) is 3.77. The summed E-state index contributed by atoms with van der Waals surface area (Å²) in [5, 5.41) is 0. The number of hydrogen-bond donors (Lipinski definition) is 0. The number of esters is 1. The molecule has 0 aromatic heterocycles. The van der Waals surface area contributed by atoms with Crippen LogP contribution in [0.5, 0.6) is 5.75 Å². The van der Waals surface area contributed by atoms with Gasteiger partial charge in [-0.15, -0.1) is 0 Å². The molecule has 0 N–H and O–H groups in total. The number of rotatable bonds is 6. The SMILES string of the molecule is COC(=O)C1C(C)C1COCc1ccc(OC)cc1. The van der Waals surface area contributed by atoms with E-state index in [9.17, 15) is 4.79 Å². The van der Waals surface area contributed by atoms with Gasteiger partial charge in [0.2, 0.25) is 0 Å². The normalized spacial score (nSPS) is 24.9. The van der Waals surface area contributed by atoms with Gasteiger partial charge in [-0.1, -0.05) is 19.1 Å². The molecule has 1 saturated carbocycles. The molecule has 4 heteroatoms. The molecule has 0 radical (unpaired) electrons.